The summed E-state index contributed by atoms with van der Waals surface area (Å²) in [4.78, 5) is 4.39. The average Bonchev–Trinajstić information content (AvgIpc) is 3.11. The van der Waals surface area contributed by atoms with Gasteiger partial charge in [0.25, 0.3) is 0 Å². The SMILES string of the molecule is CCOc1ccc([C@@H]2C[C@@H](c3ccc(C)cc3)Nc3ncnn32)cc1. The van der Waals surface area contributed by atoms with E-state index in [9.17, 15) is 0 Å². The Morgan fingerprint density at radius 3 is 2.52 bits per heavy atom. The Labute approximate surface area is 147 Å². The molecule has 0 unspecified atom stereocenters. The second-order valence-electron chi connectivity index (χ2n) is 6.39. The summed E-state index contributed by atoms with van der Waals surface area (Å²) in [6.07, 6.45) is 2.54. The molecule has 2 aromatic carbocycles. The number of nitrogens with zero attached hydrogens (tertiary/aromatic N) is 3. The van der Waals surface area contributed by atoms with E-state index >= 15 is 0 Å². The summed E-state index contributed by atoms with van der Waals surface area (Å²) < 4.78 is 7.53. The molecular formula is C20H22N4O. The van der Waals surface area contributed by atoms with Crippen LogP contribution >= 0.6 is 0 Å². The fourth-order valence-electron chi connectivity index (χ4n) is 3.37. The minimum atomic E-state index is 0.153. The number of benzene rings is 2. The van der Waals surface area contributed by atoms with Crippen molar-refractivity contribution < 1.29 is 4.74 Å². The van der Waals surface area contributed by atoms with E-state index in [-0.39, 0.29) is 12.1 Å². The summed E-state index contributed by atoms with van der Waals surface area (Å²) in [7, 11) is 0. The normalized spacial score (nSPS) is 19.1. The molecule has 1 N–H and O–H groups in total. The lowest BCUT2D eigenvalue weighted by Crippen LogP contribution is -2.28. The van der Waals surface area contributed by atoms with Gasteiger partial charge in [0.15, 0.2) is 0 Å². The zero-order valence-electron chi connectivity index (χ0n) is 14.5. The van der Waals surface area contributed by atoms with Crippen molar-refractivity contribution in [1.29, 1.82) is 0 Å². The lowest BCUT2D eigenvalue weighted by molar-refractivity contribution is 0.340. The van der Waals surface area contributed by atoms with Crippen molar-refractivity contribution in [2.45, 2.75) is 32.4 Å². The van der Waals surface area contributed by atoms with Gasteiger partial charge in [-0.05, 0) is 43.5 Å². The van der Waals surface area contributed by atoms with E-state index in [2.05, 4.69) is 58.7 Å². The Hall–Kier alpha value is -2.82. The standard InChI is InChI=1S/C20H22N4O/c1-3-25-17-10-8-16(9-11-17)19-12-18(15-6-4-14(2)5-7-15)23-20-21-13-22-24(19)20/h4-11,13,18-19H,3,12H2,1-2H3,(H,21,22,23)/t18-,19-/m0/s1. The molecule has 1 aromatic heterocycles. The highest BCUT2D eigenvalue weighted by molar-refractivity contribution is 5.39. The Morgan fingerprint density at radius 2 is 1.80 bits per heavy atom. The van der Waals surface area contributed by atoms with Crippen LogP contribution in [0.5, 0.6) is 5.75 Å². The lowest BCUT2D eigenvalue weighted by atomic mass is 9.93. The van der Waals surface area contributed by atoms with Gasteiger partial charge in [-0.25, -0.2) is 4.68 Å². The Balaban J connectivity index is 1.65. The Morgan fingerprint density at radius 1 is 1.08 bits per heavy atom. The molecule has 1 aliphatic heterocycles. The van der Waals surface area contributed by atoms with Gasteiger partial charge in [-0.15, -0.1) is 0 Å². The smallest absolute Gasteiger partial charge is 0.222 e. The number of nitrogens with one attached hydrogen (secondary N) is 1. The molecule has 0 amide bonds. The van der Waals surface area contributed by atoms with Gasteiger partial charge < -0.3 is 10.1 Å². The van der Waals surface area contributed by atoms with Crippen LogP contribution in [0.2, 0.25) is 0 Å². The number of hydrogen-bond donors (Lipinski definition) is 1. The Kier molecular flexibility index (Phi) is 4.14. The minimum Gasteiger partial charge on any atom is -0.494 e. The Bertz CT molecular complexity index is 839. The molecule has 0 bridgehead atoms. The molecule has 3 aromatic rings. The second kappa shape index (κ2) is 6.59. The fourth-order valence-corrected chi connectivity index (χ4v) is 3.37. The van der Waals surface area contributed by atoms with Crippen LogP contribution in [0.25, 0.3) is 0 Å². The van der Waals surface area contributed by atoms with Crippen molar-refractivity contribution in [3.05, 3.63) is 71.5 Å². The summed E-state index contributed by atoms with van der Waals surface area (Å²) in [6, 6.07) is 17.4. The van der Waals surface area contributed by atoms with E-state index < -0.39 is 0 Å². The molecule has 5 heteroatoms. The van der Waals surface area contributed by atoms with Gasteiger partial charge in [0.05, 0.1) is 18.7 Å². The third-order valence-electron chi connectivity index (χ3n) is 4.69. The maximum absolute atomic E-state index is 5.56. The molecule has 2 heterocycles. The van der Waals surface area contributed by atoms with Crippen LogP contribution < -0.4 is 10.1 Å². The first-order chi connectivity index (χ1) is 12.2. The molecule has 4 rings (SSSR count). The van der Waals surface area contributed by atoms with Gasteiger partial charge in [-0.3, -0.25) is 0 Å². The van der Waals surface area contributed by atoms with Crippen molar-refractivity contribution in [3.8, 4) is 5.75 Å². The molecular weight excluding hydrogens is 312 g/mol. The van der Waals surface area contributed by atoms with Gasteiger partial charge in [0.1, 0.15) is 12.1 Å². The molecule has 0 saturated carbocycles. The van der Waals surface area contributed by atoms with Crippen LogP contribution in [-0.4, -0.2) is 21.4 Å². The van der Waals surface area contributed by atoms with Crippen LogP contribution in [-0.2, 0) is 0 Å². The van der Waals surface area contributed by atoms with Crippen molar-refractivity contribution in [2.75, 3.05) is 11.9 Å². The van der Waals surface area contributed by atoms with Crippen LogP contribution in [0.3, 0.4) is 0 Å². The zero-order valence-corrected chi connectivity index (χ0v) is 14.5. The average molecular weight is 334 g/mol. The van der Waals surface area contributed by atoms with Gasteiger partial charge in [0.2, 0.25) is 5.95 Å². The highest BCUT2D eigenvalue weighted by Gasteiger charge is 2.29. The summed E-state index contributed by atoms with van der Waals surface area (Å²) in [5, 5.41) is 7.94. The number of hydrogen-bond acceptors (Lipinski definition) is 4. The van der Waals surface area contributed by atoms with Crippen LogP contribution in [0.1, 0.15) is 42.1 Å². The molecule has 0 radical (unpaired) electrons. The van der Waals surface area contributed by atoms with E-state index in [1.807, 2.05) is 23.7 Å². The van der Waals surface area contributed by atoms with Crippen LogP contribution in [0.15, 0.2) is 54.9 Å². The topological polar surface area (TPSA) is 52.0 Å². The van der Waals surface area contributed by atoms with Gasteiger partial charge >= 0.3 is 0 Å². The maximum Gasteiger partial charge on any atom is 0.222 e. The highest BCUT2D eigenvalue weighted by Crippen LogP contribution is 2.37. The molecule has 0 aliphatic carbocycles. The van der Waals surface area contributed by atoms with E-state index in [0.717, 1.165) is 18.1 Å². The number of ether oxygens (including phenoxy) is 1. The summed E-state index contributed by atoms with van der Waals surface area (Å²) >= 11 is 0. The van der Waals surface area contributed by atoms with E-state index in [0.29, 0.717) is 6.61 Å². The molecule has 1 aliphatic rings. The molecule has 5 nitrogen and oxygen atoms in total. The summed E-state index contributed by atoms with van der Waals surface area (Å²) in [5.74, 6) is 1.71. The van der Waals surface area contributed by atoms with Gasteiger partial charge in [0, 0.05) is 0 Å². The molecule has 128 valence electrons. The first kappa shape index (κ1) is 15.7. The predicted octanol–water partition coefficient (Wildman–Crippen LogP) is 4.13. The summed E-state index contributed by atoms with van der Waals surface area (Å²) in [5.41, 5.74) is 3.76. The largest absolute Gasteiger partial charge is 0.494 e. The number of fused-ring (bicyclic) bond motifs is 1. The molecule has 2 atom stereocenters. The van der Waals surface area contributed by atoms with E-state index in [1.165, 1.54) is 16.7 Å². The lowest BCUT2D eigenvalue weighted by Gasteiger charge is -2.32. The van der Waals surface area contributed by atoms with Crippen LogP contribution in [0.4, 0.5) is 5.95 Å². The molecule has 0 saturated heterocycles. The third kappa shape index (κ3) is 3.09. The quantitative estimate of drug-likeness (QED) is 0.779. The van der Waals surface area contributed by atoms with Crippen molar-refractivity contribution in [3.63, 3.8) is 0 Å². The van der Waals surface area contributed by atoms with Crippen molar-refractivity contribution in [1.82, 2.24) is 14.8 Å². The highest BCUT2D eigenvalue weighted by atomic mass is 16.5. The minimum absolute atomic E-state index is 0.153. The summed E-state index contributed by atoms with van der Waals surface area (Å²) in [6.45, 7) is 4.78. The van der Waals surface area contributed by atoms with Crippen molar-refractivity contribution in [2.24, 2.45) is 0 Å². The maximum atomic E-state index is 5.56. The number of anilines is 1. The molecule has 0 fully saturated rings. The van der Waals surface area contributed by atoms with Gasteiger partial charge in [-0.2, -0.15) is 10.1 Å². The predicted molar refractivity (Wildman–Crippen MR) is 97.9 cm³/mol. The van der Waals surface area contributed by atoms with E-state index in [1.54, 1.807) is 6.33 Å². The number of aryl methyl sites for hydroxylation is 1. The molecule has 25 heavy (non-hydrogen) atoms. The van der Waals surface area contributed by atoms with E-state index in [4.69, 9.17) is 4.74 Å². The third-order valence-corrected chi connectivity index (χ3v) is 4.69. The monoisotopic (exact) mass is 334 g/mol. The number of aromatic nitrogens is 3. The molecule has 0 spiro atoms. The first-order valence-electron chi connectivity index (χ1n) is 8.70. The fraction of sp³-hybridized carbons (Fsp3) is 0.300. The first-order valence-corrected chi connectivity index (χ1v) is 8.70. The van der Waals surface area contributed by atoms with Crippen molar-refractivity contribution >= 4 is 5.95 Å². The van der Waals surface area contributed by atoms with Crippen LogP contribution in [0, 0.1) is 6.92 Å². The van der Waals surface area contributed by atoms with Gasteiger partial charge in [-0.1, -0.05) is 42.0 Å². The number of rotatable bonds is 4. The zero-order chi connectivity index (χ0) is 17.2. The second-order valence-corrected chi connectivity index (χ2v) is 6.39.